The fourth-order valence-corrected chi connectivity index (χ4v) is 3.92. The largest absolute Gasteiger partial charge is 0.465 e. The maximum atomic E-state index is 11.1. The number of rotatable bonds is 4. The molecule has 0 aliphatic carbocycles. The van der Waals surface area contributed by atoms with Crippen molar-refractivity contribution in [3.63, 3.8) is 0 Å². The molecule has 2 N–H and O–H groups in total. The Morgan fingerprint density at radius 2 is 1.90 bits per heavy atom. The number of pyridine rings is 1. The molecule has 0 bridgehead atoms. The van der Waals surface area contributed by atoms with E-state index in [2.05, 4.69) is 38.2 Å². The quantitative estimate of drug-likeness (QED) is 0.547. The van der Waals surface area contributed by atoms with Gasteiger partial charge in [0.25, 0.3) is 0 Å². The molecule has 1 aliphatic heterocycles. The Morgan fingerprint density at radius 3 is 2.67 bits per heavy atom. The minimum absolute atomic E-state index is 0.500. The summed E-state index contributed by atoms with van der Waals surface area (Å²) in [5, 5.41) is 14.7. The summed E-state index contributed by atoms with van der Waals surface area (Å²) >= 11 is 0. The zero-order chi connectivity index (χ0) is 20.5. The van der Waals surface area contributed by atoms with Crippen LogP contribution in [0.4, 0.5) is 10.5 Å². The molecule has 1 aliphatic rings. The number of nitrogens with one attached hydrogen (secondary N) is 1. The number of hydrogen-bond donors (Lipinski definition) is 2. The molecule has 1 saturated heterocycles. The van der Waals surface area contributed by atoms with E-state index in [1.54, 1.807) is 0 Å². The lowest BCUT2D eigenvalue weighted by atomic mass is 10.1. The van der Waals surface area contributed by atoms with E-state index in [9.17, 15) is 4.79 Å². The molecular weight excluding hydrogens is 380 g/mol. The van der Waals surface area contributed by atoms with Gasteiger partial charge < -0.3 is 19.9 Å². The van der Waals surface area contributed by atoms with Crippen LogP contribution in [0, 0.1) is 0 Å². The van der Waals surface area contributed by atoms with Gasteiger partial charge in [-0.2, -0.15) is 5.10 Å². The summed E-state index contributed by atoms with van der Waals surface area (Å²) < 4.78 is 1.94. The lowest BCUT2D eigenvalue weighted by molar-refractivity contribution is 0.142. The third-order valence-electron chi connectivity index (χ3n) is 5.56. The van der Waals surface area contributed by atoms with Crippen LogP contribution in [0.3, 0.4) is 0 Å². The summed E-state index contributed by atoms with van der Waals surface area (Å²) in [7, 11) is 0. The van der Waals surface area contributed by atoms with Gasteiger partial charge in [0, 0.05) is 55.1 Å². The molecule has 152 valence electrons. The molecule has 8 heteroatoms. The van der Waals surface area contributed by atoms with Crippen molar-refractivity contribution in [2.45, 2.75) is 6.54 Å². The first-order chi connectivity index (χ1) is 14.7. The average molecular weight is 402 g/mol. The van der Waals surface area contributed by atoms with Gasteiger partial charge in [0.2, 0.25) is 0 Å². The number of anilines is 1. The topological polar surface area (TPSA) is 90.3 Å². The van der Waals surface area contributed by atoms with Gasteiger partial charge in [-0.25, -0.2) is 9.78 Å². The number of amides is 1. The molecule has 4 aromatic rings. The predicted molar refractivity (Wildman–Crippen MR) is 115 cm³/mol. The van der Waals surface area contributed by atoms with Crippen molar-refractivity contribution in [3.8, 4) is 11.1 Å². The van der Waals surface area contributed by atoms with Crippen molar-refractivity contribution < 1.29 is 9.90 Å². The average Bonchev–Trinajstić information content (AvgIpc) is 3.40. The zero-order valence-corrected chi connectivity index (χ0v) is 16.4. The van der Waals surface area contributed by atoms with Crippen LogP contribution in [0.2, 0.25) is 0 Å². The van der Waals surface area contributed by atoms with Gasteiger partial charge in [-0.1, -0.05) is 30.3 Å². The van der Waals surface area contributed by atoms with Gasteiger partial charge in [-0.05, 0) is 11.6 Å². The molecule has 0 unspecified atom stereocenters. The fourth-order valence-electron chi connectivity index (χ4n) is 3.92. The summed E-state index contributed by atoms with van der Waals surface area (Å²) in [5.41, 5.74) is 5.13. The second-order valence-electron chi connectivity index (χ2n) is 7.46. The van der Waals surface area contributed by atoms with E-state index in [0.717, 1.165) is 34.4 Å². The highest BCUT2D eigenvalue weighted by atomic mass is 16.4. The van der Waals surface area contributed by atoms with Crippen LogP contribution in [-0.4, -0.2) is 62.0 Å². The Bertz CT molecular complexity index is 1170. The normalized spacial score (nSPS) is 14.4. The first kappa shape index (κ1) is 18.2. The molecule has 3 aromatic heterocycles. The first-order valence-electron chi connectivity index (χ1n) is 9.94. The van der Waals surface area contributed by atoms with E-state index in [4.69, 9.17) is 5.11 Å². The van der Waals surface area contributed by atoms with E-state index in [0.29, 0.717) is 26.2 Å². The van der Waals surface area contributed by atoms with Crippen LogP contribution in [0.25, 0.3) is 22.2 Å². The molecule has 8 nitrogen and oxygen atoms in total. The highest BCUT2D eigenvalue weighted by molar-refractivity contribution is 5.95. The summed E-state index contributed by atoms with van der Waals surface area (Å²) in [5.74, 6) is 0. The summed E-state index contributed by atoms with van der Waals surface area (Å²) in [6.45, 7) is 3.04. The fraction of sp³-hybridized carbons (Fsp3) is 0.227. The van der Waals surface area contributed by atoms with E-state index in [-0.39, 0.29) is 0 Å². The molecule has 0 radical (unpaired) electrons. The van der Waals surface area contributed by atoms with Gasteiger partial charge in [0.1, 0.15) is 5.65 Å². The van der Waals surface area contributed by atoms with Crippen LogP contribution >= 0.6 is 0 Å². The van der Waals surface area contributed by atoms with Gasteiger partial charge in [-0.3, -0.25) is 4.68 Å². The lowest BCUT2D eigenvalue weighted by Gasteiger charge is -2.34. The number of benzene rings is 1. The van der Waals surface area contributed by atoms with Crippen LogP contribution in [0.5, 0.6) is 0 Å². The van der Waals surface area contributed by atoms with Crippen molar-refractivity contribution in [1.29, 1.82) is 0 Å². The van der Waals surface area contributed by atoms with Crippen molar-refractivity contribution in [3.05, 3.63) is 66.7 Å². The highest BCUT2D eigenvalue weighted by Gasteiger charge is 2.21. The number of aromatic amines is 1. The summed E-state index contributed by atoms with van der Waals surface area (Å²) in [6.07, 6.45) is 6.88. The van der Waals surface area contributed by atoms with E-state index < -0.39 is 6.09 Å². The third-order valence-corrected chi connectivity index (χ3v) is 5.56. The van der Waals surface area contributed by atoms with Gasteiger partial charge in [0.05, 0.1) is 24.6 Å². The lowest BCUT2D eigenvalue weighted by Crippen LogP contribution is -2.48. The Morgan fingerprint density at radius 1 is 1.10 bits per heavy atom. The molecule has 0 saturated carbocycles. The molecule has 1 fully saturated rings. The Balaban J connectivity index is 1.39. The summed E-state index contributed by atoms with van der Waals surface area (Å²) in [6, 6.07) is 12.4. The number of nitrogens with zero attached hydrogens (tertiary/aromatic N) is 5. The SMILES string of the molecule is O=C(O)N1CCN(c2cnc3[nH]cc(-c4cnn(Cc5ccccc5)c4)c3c2)CC1. The van der Waals surface area contributed by atoms with Crippen molar-refractivity contribution in [2.24, 2.45) is 0 Å². The molecule has 0 atom stereocenters. The minimum Gasteiger partial charge on any atom is -0.465 e. The molecule has 0 spiro atoms. The number of hydrogen-bond acceptors (Lipinski definition) is 4. The van der Waals surface area contributed by atoms with Crippen LogP contribution in [0.1, 0.15) is 5.56 Å². The molecular formula is C22H22N6O2. The predicted octanol–water partition coefficient (Wildman–Crippen LogP) is 3.27. The molecule has 1 aromatic carbocycles. The summed E-state index contributed by atoms with van der Waals surface area (Å²) in [4.78, 5) is 22.6. The van der Waals surface area contributed by atoms with Gasteiger partial charge in [0.15, 0.2) is 0 Å². The van der Waals surface area contributed by atoms with Crippen LogP contribution in [-0.2, 0) is 6.54 Å². The molecule has 4 heterocycles. The minimum atomic E-state index is -0.858. The molecule has 30 heavy (non-hydrogen) atoms. The number of carboxylic acid groups (broad SMARTS) is 1. The Labute approximate surface area is 173 Å². The standard InChI is InChI=1S/C22H22N6O2/c29-22(30)27-8-6-26(7-9-27)18-10-19-20(13-24-21(19)23-12-18)17-11-25-28(15-17)14-16-4-2-1-3-5-16/h1-5,10-13,15H,6-9,14H2,(H,23,24)(H,29,30). The number of aromatic nitrogens is 4. The maximum Gasteiger partial charge on any atom is 0.407 e. The van der Waals surface area contributed by atoms with Crippen LogP contribution < -0.4 is 4.90 Å². The van der Waals surface area contributed by atoms with E-state index in [1.165, 1.54) is 10.5 Å². The number of H-pyrrole nitrogens is 1. The first-order valence-corrected chi connectivity index (χ1v) is 9.94. The Kier molecular flexibility index (Phi) is 4.59. The van der Waals surface area contributed by atoms with Crippen molar-refractivity contribution in [2.75, 3.05) is 31.1 Å². The van der Waals surface area contributed by atoms with Crippen molar-refractivity contribution in [1.82, 2.24) is 24.6 Å². The zero-order valence-electron chi connectivity index (χ0n) is 16.4. The second-order valence-corrected chi connectivity index (χ2v) is 7.46. The van der Waals surface area contributed by atoms with Crippen molar-refractivity contribution >= 4 is 22.8 Å². The number of piperazine rings is 1. The van der Waals surface area contributed by atoms with E-state index >= 15 is 0 Å². The van der Waals surface area contributed by atoms with Gasteiger partial charge in [-0.15, -0.1) is 0 Å². The maximum absolute atomic E-state index is 11.1. The number of carbonyl (C=O) groups is 1. The van der Waals surface area contributed by atoms with Gasteiger partial charge >= 0.3 is 6.09 Å². The third kappa shape index (κ3) is 3.47. The molecule has 5 rings (SSSR count). The molecule has 1 amide bonds. The Hall–Kier alpha value is -3.81. The van der Waals surface area contributed by atoms with Crippen LogP contribution in [0.15, 0.2) is 61.2 Å². The smallest absolute Gasteiger partial charge is 0.407 e. The monoisotopic (exact) mass is 402 g/mol. The number of fused-ring (bicyclic) bond motifs is 1. The second kappa shape index (κ2) is 7.55. The van der Waals surface area contributed by atoms with E-state index in [1.807, 2.05) is 47.7 Å². The highest BCUT2D eigenvalue weighted by Crippen LogP contribution is 2.30.